The van der Waals surface area contributed by atoms with Gasteiger partial charge in [0.05, 0.1) is 0 Å². The van der Waals surface area contributed by atoms with E-state index in [-0.39, 0.29) is 0 Å². The molecule has 2 rings (SSSR count). The molecule has 1 aromatic rings. The van der Waals surface area contributed by atoms with Crippen molar-refractivity contribution < 1.29 is 0 Å². The third-order valence-corrected chi connectivity index (χ3v) is 3.34. The normalized spacial score (nSPS) is 26.2. The van der Waals surface area contributed by atoms with Gasteiger partial charge in [-0.15, -0.1) is 0 Å². The van der Waals surface area contributed by atoms with Crippen LogP contribution in [0.4, 0.5) is 0 Å². The van der Waals surface area contributed by atoms with Crippen molar-refractivity contribution in [3.63, 3.8) is 0 Å². The average molecular weight is 175 g/mol. The summed E-state index contributed by atoms with van der Waals surface area (Å²) in [7, 11) is 0. The van der Waals surface area contributed by atoms with Crippen molar-refractivity contribution >= 4 is 0 Å². The van der Waals surface area contributed by atoms with Crippen molar-refractivity contribution in [3.05, 3.63) is 28.6 Å². The summed E-state index contributed by atoms with van der Waals surface area (Å²) in [6, 6.07) is 0. The van der Waals surface area contributed by atoms with Gasteiger partial charge in [0.2, 0.25) is 0 Å². The van der Waals surface area contributed by atoms with Crippen LogP contribution in [0, 0.1) is 13.8 Å². The van der Waals surface area contributed by atoms with Crippen molar-refractivity contribution in [2.75, 3.05) is 0 Å². The molecule has 0 spiro atoms. The second-order valence-corrected chi connectivity index (χ2v) is 4.40. The van der Waals surface area contributed by atoms with E-state index in [0.29, 0.717) is 11.8 Å². The molecule has 70 valence electrons. The van der Waals surface area contributed by atoms with E-state index in [0.717, 1.165) is 0 Å². The summed E-state index contributed by atoms with van der Waals surface area (Å²) in [4.78, 5) is 4.55. The summed E-state index contributed by atoms with van der Waals surface area (Å²) in [5.41, 5.74) is 5.66. The Hall–Kier alpha value is -0.850. The second-order valence-electron chi connectivity index (χ2n) is 4.40. The van der Waals surface area contributed by atoms with Gasteiger partial charge in [0.25, 0.3) is 0 Å². The smallest absolute Gasteiger partial charge is 0.0469 e. The number of aromatic nitrogens is 1. The zero-order valence-corrected chi connectivity index (χ0v) is 8.89. The maximum absolute atomic E-state index is 4.55. The Morgan fingerprint density at radius 3 is 2.62 bits per heavy atom. The first-order valence-corrected chi connectivity index (χ1v) is 5.07. The summed E-state index contributed by atoms with van der Waals surface area (Å²) in [5, 5.41) is 0. The first-order valence-electron chi connectivity index (χ1n) is 5.07. The lowest BCUT2D eigenvalue weighted by atomic mass is 9.98. The van der Waals surface area contributed by atoms with Gasteiger partial charge in [0, 0.05) is 11.9 Å². The van der Waals surface area contributed by atoms with Gasteiger partial charge in [-0.2, -0.15) is 0 Å². The van der Waals surface area contributed by atoms with Crippen LogP contribution in [0.3, 0.4) is 0 Å². The Kier molecular flexibility index (Phi) is 1.90. The first-order chi connectivity index (χ1) is 6.11. The molecule has 1 heterocycles. The highest BCUT2D eigenvalue weighted by Crippen LogP contribution is 2.41. The molecular weight excluding hydrogens is 158 g/mol. The molecule has 1 aromatic heterocycles. The number of pyridine rings is 1. The molecule has 0 saturated carbocycles. The number of aryl methyl sites for hydroxylation is 1. The fourth-order valence-electron chi connectivity index (χ4n) is 2.51. The predicted molar refractivity (Wildman–Crippen MR) is 55.2 cm³/mol. The highest BCUT2D eigenvalue weighted by Gasteiger charge is 2.28. The van der Waals surface area contributed by atoms with Crippen molar-refractivity contribution in [2.45, 2.75) is 46.0 Å². The van der Waals surface area contributed by atoms with E-state index in [2.05, 4.69) is 32.7 Å². The summed E-state index contributed by atoms with van der Waals surface area (Å²) in [6.45, 7) is 8.98. The number of hydrogen-bond acceptors (Lipinski definition) is 1. The fourth-order valence-corrected chi connectivity index (χ4v) is 2.51. The Bertz CT molecular complexity index is 341. The van der Waals surface area contributed by atoms with E-state index in [4.69, 9.17) is 0 Å². The molecule has 0 amide bonds. The van der Waals surface area contributed by atoms with Gasteiger partial charge in [0.1, 0.15) is 0 Å². The van der Waals surface area contributed by atoms with Crippen LogP contribution in [0.15, 0.2) is 6.20 Å². The monoisotopic (exact) mass is 175 g/mol. The third kappa shape index (κ3) is 1.18. The van der Waals surface area contributed by atoms with Crippen molar-refractivity contribution in [2.24, 2.45) is 0 Å². The molecule has 1 aliphatic carbocycles. The quantitative estimate of drug-likeness (QED) is 0.589. The minimum atomic E-state index is 0.657. The van der Waals surface area contributed by atoms with Crippen LogP contribution in [-0.4, -0.2) is 4.98 Å². The topological polar surface area (TPSA) is 12.9 Å². The highest BCUT2D eigenvalue weighted by atomic mass is 14.7. The maximum atomic E-state index is 4.55. The van der Waals surface area contributed by atoms with E-state index in [9.17, 15) is 0 Å². The molecule has 0 saturated heterocycles. The molecule has 2 atom stereocenters. The standard InChI is InChI=1S/C12H17N/c1-7-5-8(2)12-11(7)10(4)9(3)6-13-12/h6-8H,5H2,1-4H3. The lowest BCUT2D eigenvalue weighted by molar-refractivity contribution is 0.654. The van der Waals surface area contributed by atoms with E-state index < -0.39 is 0 Å². The van der Waals surface area contributed by atoms with Crippen LogP contribution in [0.25, 0.3) is 0 Å². The Balaban J connectivity index is 2.64. The predicted octanol–water partition coefficient (Wildman–Crippen LogP) is 3.31. The van der Waals surface area contributed by atoms with Crippen LogP contribution < -0.4 is 0 Å². The largest absolute Gasteiger partial charge is 0.260 e. The minimum Gasteiger partial charge on any atom is -0.260 e. The Morgan fingerprint density at radius 2 is 1.92 bits per heavy atom. The number of rotatable bonds is 0. The van der Waals surface area contributed by atoms with Gasteiger partial charge in [-0.3, -0.25) is 4.98 Å². The second kappa shape index (κ2) is 2.83. The lowest BCUT2D eigenvalue weighted by Crippen LogP contribution is -1.97. The molecule has 1 nitrogen and oxygen atoms in total. The molecule has 0 aliphatic heterocycles. The van der Waals surface area contributed by atoms with Gasteiger partial charge in [0.15, 0.2) is 0 Å². The van der Waals surface area contributed by atoms with Gasteiger partial charge in [-0.25, -0.2) is 0 Å². The zero-order valence-electron chi connectivity index (χ0n) is 8.89. The molecule has 1 aliphatic rings. The number of nitrogens with zero attached hydrogens (tertiary/aromatic N) is 1. The molecule has 13 heavy (non-hydrogen) atoms. The number of hydrogen-bond donors (Lipinski definition) is 0. The van der Waals surface area contributed by atoms with E-state index in [1.165, 1.54) is 28.8 Å². The van der Waals surface area contributed by atoms with E-state index >= 15 is 0 Å². The molecule has 2 unspecified atom stereocenters. The highest BCUT2D eigenvalue weighted by molar-refractivity contribution is 5.42. The molecule has 0 radical (unpaired) electrons. The molecule has 0 aromatic carbocycles. The van der Waals surface area contributed by atoms with Gasteiger partial charge in [-0.1, -0.05) is 13.8 Å². The van der Waals surface area contributed by atoms with Crippen molar-refractivity contribution in [1.29, 1.82) is 0 Å². The SMILES string of the molecule is Cc1cnc2c(c1C)C(C)CC2C. The molecule has 0 N–H and O–H groups in total. The summed E-state index contributed by atoms with van der Waals surface area (Å²) < 4.78 is 0. The van der Waals surface area contributed by atoms with Crippen LogP contribution in [0.5, 0.6) is 0 Å². The Labute approximate surface area is 80.2 Å². The van der Waals surface area contributed by atoms with Crippen LogP contribution in [0.1, 0.15) is 54.5 Å². The maximum Gasteiger partial charge on any atom is 0.0469 e. The van der Waals surface area contributed by atoms with Crippen LogP contribution in [0.2, 0.25) is 0 Å². The molecule has 1 heteroatoms. The first kappa shape index (κ1) is 8.74. The Morgan fingerprint density at radius 1 is 1.23 bits per heavy atom. The average Bonchev–Trinajstić information content (AvgIpc) is 2.35. The minimum absolute atomic E-state index is 0.657. The molecule has 0 fully saturated rings. The van der Waals surface area contributed by atoms with Gasteiger partial charge in [-0.05, 0) is 48.8 Å². The van der Waals surface area contributed by atoms with Crippen LogP contribution >= 0.6 is 0 Å². The summed E-state index contributed by atoms with van der Waals surface area (Å²) >= 11 is 0. The summed E-state index contributed by atoms with van der Waals surface area (Å²) in [6.07, 6.45) is 3.29. The van der Waals surface area contributed by atoms with E-state index in [1.54, 1.807) is 0 Å². The van der Waals surface area contributed by atoms with E-state index in [1.807, 2.05) is 6.20 Å². The van der Waals surface area contributed by atoms with Gasteiger partial charge >= 0.3 is 0 Å². The van der Waals surface area contributed by atoms with Gasteiger partial charge < -0.3 is 0 Å². The third-order valence-electron chi connectivity index (χ3n) is 3.34. The fraction of sp³-hybridized carbons (Fsp3) is 0.583. The van der Waals surface area contributed by atoms with Crippen molar-refractivity contribution in [3.8, 4) is 0 Å². The molecular formula is C12H17N. The summed E-state index contributed by atoms with van der Waals surface area (Å²) in [5.74, 6) is 1.36. The zero-order chi connectivity index (χ0) is 9.59. The lowest BCUT2D eigenvalue weighted by Gasteiger charge is -2.10. The van der Waals surface area contributed by atoms with Crippen molar-refractivity contribution in [1.82, 2.24) is 4.98 Å². The number of fused-ring (bicyclic) bond motifs is 1. The van der Waals surface area contributed by atoms with Crippen LogP contribution in [-0.2, 0) is 0 Å². The molecule has 0 bridgehead atoms.